The van der Waals surface area contributed by atoms with Crippen molar-refractivity contribution in [2.45, 2.75) is 26.7 Å². The van der Waals surface area contributed by atoms with Gasteiger partial charge in [-0.2, -0.15) is 0 Å². The van der Waals surface area contributed by atoms with Crippen molar-refractivity contribution in [3.05, 3.63) is 65.9 Å². The lowest BCUT2D eigenvalue weighted by Crippen LogP contribution is -1.91. The lowest BCUT2D eigenvalue weighted by molar-refractivity contribution is 0.869. The van der Waals surface area contributed by atoms with Crippen LogP contribution in [0.1, 0.15) is 30.9 Å². The molecule has 0 aliphatic rings. The van der Waals surface area contributed by atoms with Gasteiger partial charge in [0.2, 0.25) is 0 Å². The number of aryl methyl sites for hydroxylation is 1. The van der Waals surface area contributed by atoms with E-state index in [1.54, 1.807) is 0 Å². The average molecular weight is 261 g/mol. The van der Waals surface area contributed by atoms with Gasteiger partial charge in [-0.05, 0) is 42.0 Å². The molecule has 0 saturated carbocycles. The first-order valence-electron chi connectivity index (χ1n) is 7.11. The molecular formula is C19H19N. The van der Waals surface area contributed by atoms with Gasteiger partial charge in [0.05, 0.1) is 5.69 Å². The molecule has 3 rings (SSSR count). The average Bonchev–Trinajstić information content (AvgIpc) is 2.46. The quantitative estimate of drug-likeness (QED) is 0.607. The minimum atomic E-state index is 0.532. The van der Waals surface area contributed by atoms with E-state index in [2.05, 4.69) is 74.3 Å². The number of pyridine rings is 1. The Hall–Kier alpha value is -2.15. The highest BCUT2D eigenvalue weighted by Gasteiger charge is 2.07. The van der Waals surface area contributed by atoms with Gasteiger partial charge in [0.25, 0.3) is 0 Å². The van der Waals surface area contributed by atoms with Crippen LogP contribution in [0.2, 0.25) is 0 Å². The molecule has 0 aliphatic heterocycles. The lowest BCUT2D eigenvalue weighted by Gasteiger charge is -2.10. The monoisotopic (exact) mass is 261 g/mol. The van der Waals surface area contributed by atoms with E-state index in [4.69, 9.17) is 0 Å². The summed E-state index contributed by atoms with van der Waals surface area (Å²) in [6.07, 6.45) is 1.90. The maximum absolute atomic E-state index is 4.62. The van der Waals surface area contributed by atoms with Crippen LogP contribution in [0.15, 0.2) is 54.7 Å². The zero-order valence-corrected chi connectivity index (χ0v) is 12.2. The Bertz CT molecular complexity index is 757. The molecule has 1 aromatic heterocycles. The van der Waals surface area contributed by atoms with E-state index in [0.29, 0.717) is 5.92 Å². The van der Waals surface area contributed by atoms with Crippen LogP contribution in [0, 0.1) is 6.92 Å². The third kappa shape index (κ3) is 2.32. The van der Waals surface area contributed by atoms with E-state index in [1.165, 1.54) is 27.5 Å². The molecule has 0 fully saturated rings. The van der Waals surface area contributed by atoms with E-state index in [9.17, 15) is 0 Å². The molecule has 0 N–H and O–H groups in total. The minimum Gasteiger partial charge on any atom is -0.256 e. The van der Waals surface area contributed by atoms with Gasteiger partial charge in [-0.3, -0.25) is 4.98 Å². The highest BCUT2D eigenvalue weighted by Crippen LogP contribution is 2.29. The number of hydrogen-bond acceptors (Lipinski definition) is 1. The summed E-state index contributed by atoms with van der Waals surface area (Å²) in [5.41, 5.74) is 4.89. The second kappa shape index (κ2) is 5.09. The van der Waals surface area contributed by atoms with E-state index in [1.807, 2.05) is 6.20 Å². The van der Waals surface area contributed by atoms with Crippen LogP contribution in [-0.4, -0.2) is 4.98 Å². The summed E-state index contributed by atoms with van der Waals surface area (Å²) in [7, 11) is 0. The van der Waals surface area contributed by atoms with Crippen molar-refractivity contribution in [1.29, 1.82) is 0 Å². The Morgan fingerprint density at radius 1 is 0.950 bits per heavy atom. The van der Waals surface area contributed by atoms with Crippen molar-refractivity contribution >= 4 is 10.8 Å². The maximum atomic E-state index is 4.62. The summed E-state index contributed by atoms with van der Waals surface area (Å²) in [6, 6.07) is 17.3. The van der Waals surface area contributed by atoms with Crippen molar-refractivity contribution in [2.75, 3.05) is 0 Å². The molecule has 100 valence electrons. The Kier molecular flexibility index (Phi) is 3.27. The Morgan fingerprint density at radius 3 is 2.55 bits per heavy atom. The number of nitrogens with zero attached hydrogens (tertiary/aromatic N) is 1. The third-order valence-electron chi connectivity index (χ3n) is 3.75. The van der Waals surface area contributed by atoms with Crippen molar-refractivity contribution in [3.63, 3.8) is 0 Å². The number of fused-ring (bicyclic) bond motifs is 1. The highest BCUT2D eigenvalue weighted by molar-refractivity contribution is 5.95. The van der Waals surface area contributed by atoms with E-state index in [-0.39, 0.29) is 0 Å². The van der Waals surface area contributed by atoms with Crippen LogP contribution >= 0.6 is 0 Å². The van der Waals surface area contributed by atoms with E-state index < -0.39 is 0 Å². The van der Waals surface area contributed by atoms with Crippen LogP contribution in [0.4, 0.5) is 0 Å². The molecule has 0 saturated heterocycles. The number of aromatic nitrogens is 1. The summed E-state index contributed by atoms with van der Waals surface area (Å²) < 4.78 is 0. The van der Waals surface area contributed by atoms with Crippen LogP contribution in [-0.2, 0) is 0 Å². The molecule has 1 heterocycles. The number of benzene rings is 2. The summed E-state index contributed by atoms with van der Waals surface area (Å²) >= 11 is 0. The lowest BCUT2D eigenvalue weighted by atomic mass is 9.96. The first kappa shape index (κ1) is 12.9. The van der Waals surface area contributed by atoms with Crippen LogP contribution < -0.4 is 0 Å². The standard InChI is InChI=1S/C19H19N/c1-13(2)16-8-7-15-9-10-20-19(18(15)12-16)17-6-4-5-14(3)11-17/h4-13H,1-3H3. The van der Waals surface area contributed by atoms with Crippen molar-refractivity contribution in [3.8, 4) is 11.3 Å². The molecule has 0 bridgehead atoms. The van der Waals surface area contributed by atoms with Gasteiger partial charge in [0.1, 0.15) is 0 Å². The molecule has 0 atom stereocenters. The molecule has 0 radical (unpaired) electrons. The largest absolute Gasteiger partial charge is 0.256 e. The molecular weight excluding hydrogens is 242 g/mol. The maximum Gasteiger partial charge on any atom is 0.0780 e. The van der Waals surface area contributed by atoms with Crippen molar-refractivity contribution in [1.82, 2.24) is 4.98 Å². The van der Waals surface area contributed by atoms with Crippen molar-refractivity contribution < 1.29 is 0 Å². The molecule has 0 spiro atoms. The fourth-order valence-electron chi connectivity index (χ4n) is 2.57. The zero-order valence-electron chi connectivity index (χ0n) is 12.2. The first-order valence-corrected chi connectivity index (χ1v) is 7.11. The summed E-state index contributed by atoms with van der Waals surface area (Å²) in [5, 5.41) is 2.49. The first-order chi connectivity index (χ1) is 9.65. The van der Waals surface area contributed by atoms with Gasteiger partial charge in [0.15, 0.2) is 0 Å². The number of rotatable bonds is 2. The third-order valence-corrected chi connectivity index (χ3v) is 3.75. The topological polar surface area (TPSA) is 12.9 Å². The second-order valence-corrected chi connectivity index (χ2v) is 5.66. The fraction of sp³-hybridized carbons (Fsp3) is 0.211. The van der Waals surface area contributed by atoms with Gasteiger partial charge in [-0.25, -0.2) is 0 Å². The number of hydrogen-bond donors (Lipinski definition) is 0. The molecule has 0 amide bonds. The second-order valence-electron chi connectivity index (χ2n) is 5.66. The van der Waals surface area contributed by atoms with Gasteiger partial charge in [0, 0.05) is 17.1 Å². The normalized spacial score (nSPS) is 11.2. The summed E-state index contributed by atoms with van der Waals surface area (Å²) in [5.74, 6) is 0.532. The minimum absolute atomic E-state index is 0.532. The van der Waals surface area contributed by atoms with Gasteiger partial charge < -0.3 is 0 Å². The smallest absolute Gasteiger partial charge is 0.0780 e. The van der Waals surface area contributed by atoms with Crippen LogP contribution in [0.5, 0.6) is 0 Å². The van der Waals surface area contributed by atoms with E-state index >= 15 is 0 Å². The van der Waals surface area contributed by atoms with Gasteiger partial charge in [-0.1, -0.05) is 49.7 Å². The zero-order chi connectivity index (χ0) is 14.1. The molecule has 3 aromatic rings. The van der Waals surface area contributed by atoms with Crippen molar-refractivity contribution in [2.24, 2.45) is 0 Å². The highest BCUT2D eigenvalue weighted by atomic mass is 14.7. The summed E-state index contributed by atoms with van der Waals surface area (Å²) in [4.78, 5) is 4.62. The Balaban J connectivity index is 2.27. The van der Waals surface area contributed by atoms with Crippen LogP contribution in [0.3, 0.4) is 0 Å². The summed E-state index contributed by atoms with van der Waals surface area (Å²) in [6.45, 7) is 6.57. The molecule has 0 unspecified atom stereocenters. The molecule has 2 aromatic carbocycles. The molecule has 1 heteroatoms. The fourth-order valence-corrected chi connectivity index (χ4v) is 2.57. The van der Waals surface area contributed by atoms with Crippen LogP contribution in [0.25, 0.3) is 22.0 Å². The Morgan fingerprint density at radius 2 is 1.80 bits per heavy atom. The SMILES string of the molecule is Cc1cccc(-c2nccc3ccc(C(C)C)cc23)c1. The Labute approximate surface area is 120 Å². The van der Waals surface area contributed by atoms with E-state index in [0.717, 1.165) is 5.69 Å². The predicted octanol–water partition coefficient (Wildman–Crippen LogP) is 5.33. The molecule has 1 nitrogen and oxygen atoms in total. The molecule has 20 heavy (non-hydrogen) atoms. The van der Waals surface area contributed by atoms with Gasteiger partial charge >= 0.3 is 0 Å². The molecule has 0 aliphatic carbocycles. The predicted molar refractivity (Wildman–Crippen MR) is 86.0 cm³/mol. The van der Waals surface area contributed by atoms with Gasteiger partial charge in [-0.15, -0.1) is 0 Å².